The van der Waals surface area contributed by atoms with Gasteiger partial charge in [0.05, 0.1) is 0 Å². The van der Waals surface area contributed by atoms with Gasteiger partial charge in [0.1, 0.15) is 0 Å². The number of nitrogens with one attached hydrogen (secondary N) is 1. The van der Waals surface area contributed by atoms with Crippen LogP contribution in [-0.4, -0.2) is 53.3 Å². The number of nitrogens with zero attached hydrogens (tertiary/aromatic N) is 2. The highest BCUT2D eigenvalue weighted by Crippen LogP contribution is 2.31. The van der Waals surface area contributed by atoms with E-state index in [2.05, 4.69) is 64.1 Å². The molecule has 5 rings (SSSR count). The van der Waals surface area contributed by atoms with E-state index in [-0.39, 0.29) is 17.4 Å². The van der Waals surface area contributed by atoms with Crippen LogP contribution in [0.15, 0.2) is 72.1 Å². The van der Waals surface area contributed by atoms with Gasteiger partial charge in [0, 0.05) is 56.0 Å². The van der Waals surface area contributed by atoms with E-state index in [1.54, 1.807) is 11.3 Å². The number of carbonyl (C=O) groups excluding carboxylic acids is 2. The summed E-state index contributed by atoms with van der Waals surface area (Å²) >= 11 is 1.79. The van der Waals surface area contributed by atoms with Crippen molar-refractivity contribution in [3.8, 4) is 11.1 Å². The molecule has 5 nitrogen and oxygen atoms in total. The van der Waals surface area contributed by atoms with Gasteiger partial charge in [-0.15, -0.1) is 11.3 Å². The summed E-state index contributed by atoms with van der Waals surface area (Å²) in [5.41, 5.74) is 3.25. The number of rotatable bonds is 8. The number of hydrogen-bond acceptors (Lipinski definition) is 4. The summed E-state index contributed by atoms with van der Waals surface area (Å²) in [4.78, 5) is 31.0. The lowest BCUT2D eigenvalue weighted by atomic mass is 9.84. The van der Waals surface area contributed by atoms with Crippen LogP contribution in [0.1, 0.15) is 36.1 Å². The first-order chi connectivity index (χ1) is 17.1. The summed E-state index contributed by atoms with van der Waals surface area (Å²) < 4.78 is 0. The van der Waals surface area contributed by atoms with Gasteiger partial charge in [0.25, 0.3) is 0 Å². The fourth-order valence-electron chi connectivity index (χ4n) is 5.30. The van der Waals surface area contributed by atoms with Gasteiger partial charge in [0.2, 0.25) is 11.8 Å². The van der Waals surface area contributed by atoms with Crippen molar-refractivity contribution in [2.75, 3.05) is 26.2 Å². The van der Waals surface area contributed by atoms with E-state index >= 15 is 0 Å². The number of hydrogen-bond donors (Lipinski definition) is 1. The maximum Gasteiger partial charge on any atom is 0.222 e. The molecule has 0 aliphatic carbocycles. The van der Waals surface area contributed by atoms with Crippen molar-refractivity contribution in [3.05, 3.63) is 82.6 Å². The predicted molar refractivity (Wildman–Crippen MR) is 141 cm³/mol. The summed E-state index contributed by atoms with van der Waals surface area (Å²) in [7, 11) is 0. The lowest BCUT2D eigenvalue weighted by Crippen LogP contribution is -2.49. The molecule has 0 bridgehead atoms. The van der Waals surface area contributed by atoms with Gasteiger partial charge >= 0.3 is 0 Å². The zero-order chi connectivity index (χ0) is 24.1. The van der Waals surface area contributed by atoms with Crippen LogP contribution < -0.4 is 5.32 Å². The molecule has 2 aliphatic rings. The van der Waals surface area contributed by atoms with E-state index in [0.717, 1.165) is 45.6 Å². The third-order valence-electron chi connectivity index (χ3n) is 7.34. The van der Waals surface area contributed by atoms with Crippen LogP contribution in [-0.2, 0) is 22.6 Å². The first-order valence-corrected chi connectivity index (χ1v) is 13.4. The lowest BCUT2D eigenvalue weighted by molar-refractivity contribution is -0.133. The number of thiophene rings is 1. The average molecular weight is 488 g/mol. The van der Waals surface area contributed by atoms with Crippen molar-refractivity contribution in [1.29, 1.82) is 0 Å². The van der Waals surface area contributed by atoms with Crippen LogP contribution in [0.4, 0.5) is 0 Å². The Kier molecular flexibility index (Phi) is 7.30. The van der Waals surface area contributed by atoms with Gasteiger partial charge in [-0.05, 0) is 47.4 Å². The third-order valence-corrected chi connectivity index (χ3v) is 8.20. The normalized spacial score (nSPS) is 20.7. The highest BCUT2D eigenvalue weighted by molar-refractivity contribution is 7.09. The maximum absolute atomic E-state index is 13.1. The minimum atomic E-state index is -0.331. The molecule has 6 heteroatoms. The summed E-state index contributed by atoms with van der Waals surface area (Å²) in [6, 6.07) is 23.2. The summed E-state index contributed by atoms with van der Waals surface area (Å²) in [5.74, 6) is 0.307. The molecule has 35 heavy (non-hydrogen) atoms. The second kappa shape index (κ2) is 10.8. The second-order valence-electron chi connectivity index (χ2n) is 9.80. The molecule has 1 aromatic heterocycles. The number of benzene rings is 2. The van der Waals surface area contributed by atoms with Gasteiger partial charge in [-0.25, -0.2) is 0 Å². The molecule has 2 fully saturated rings. The van der Waals surface area contributed by atoms with Crippen molar-refractivity contribution in [3.63, 3.8) is 0 Å². The number of amides is 2. The summed E-state index contributed by atoms with van der Waals surface area (Å²) in [5, 5.41) is 5.35. The zero-order valence-corrected chi connectivity index (χ0v) is 20.9. The Morgan fingerprint density at radius 1 is 0.914 bits per heavy atom. The Morgan fingerprint density at radius 3 is 2.31 bits per heavy atom. The van der Waals surface area contributed by atoms with Gasteiger partial charge in [0.15, 0.2) is 0 Å². The van der Waals surface area contributed by atoms with E-state index in [1.807, 2.05) is 23.1 Å². The fraction of sp³-hybridized carbons (Fsp3) is 0.379. The van der Waals surface area contributed by atoms with Gasteiger partial charge in [-0.2, -0.15) is 0 Å². The molecular formula is C29H33N3O2S. The monoisotopic (exact) mass is 487 g/mol. The van der Waals surface area contributed by atoms with Crippen LogP contribution in [0.25, 0.3) is 11.1 Å². The SMILES string of the molecule is O=C1CC[C@](CCC(=O)N2CCN(Cc3cccs3)CC2)(Cc2ccc(-c3ccccc3)cc2)N1. The average Bonchev–Trinajstić information content (AvgIpc) is 3.54. The smallest absolute Gasteiger partial charge is 0.222 e. The molecule has 0 spiro atoms. The molecule has 0 radical (unpaired) electrons. The Bertz CT molecular complexity index is 1120. The maximum atomic E-state index is 13.1. The van der Waals surface area contributed by atoms with Crippen LogP contribution in [0.5, 0.6) is 0 Å². The third kappa shape index (κ3) is 6.00. The molecule has 182 valence electrons. The molecule has 1 N–H and O–H groups in total. The topological polar surface area (TPSA) is 52.7 Å². The van der Waals surface area contributed by atoms with Gasteiger partial charge in [-0.3, -0.25) is 14.5 Å². The van der Waals surface area contributed by atoms with E-state index < -0.39 is 0 Å². The molecule has 3 heterocycles. The first kappa shape index (κ1) is 23.8. The predicted octanol–water partition coefficient (Wildman–Crippen LogP) is 4.73. The van der Waals surface area contributed by atoms with Gasteiger partial charge < -0.3 is 10.2 Å². The van der Waals surface area contributed by atoms with Crippen molar-refractivity contribution in [2.45, 2.75) is 44.2 Å². The molecule has 0 unspecified atom stereocenters. The van der Waals surface area contributed by atoms with Crippen molar-refractivity contribution in [1.82, 2.24) is 15.1 Å². The van der Waals surface area contributed by atoms with Crippen LogP contribution in [0, 0.1) is 0 Å². The van der Waals surface area contributed by atoms with Crippen molar-refractivity contribution < 1.29 is 9.59 Å². The van der Waals surface area contributed by atoms with E-state index in [1.165, 1.54) is 21.6 Å². The summed E-state index contributed by atoms with van der Waals surface area (Å²) in [6.45, 7) is 4.37. The van der Waals surface area contributed by atoms with E-state index in [9.17, 15) is 9.59 Å². The fourth-order valence-corrected chi connectivity index (χ4v) is 6.05. The minimum Gasteiger partial charge on any atom is -0.350 e. The molecule has 2 saturated heterocycles. The quantitative estimate of drug-likeness (QED) is 0.500. The summed E-state index contributed by atoms with van der Waals surface area (Å²) in [6.07, 6.45) is 3.25. The van der Waals surface area contributed by atoms with Crippen molar-refractivity contribution >= 4 is 23.2 Å². The highest BCUT2D eigenvalue weighted by atomic mass is 32.1. The van der Waals surface area contributed by atoms with Crippen molar-refractivity contribution in [2.24, 2.45) is 0 Å². The minimum absolute atomic E-state index is 0.0977. The highest BCUT2D eigenvalue weighted by Gasteiger charge is 2.38. The largest absolute Gasteiger partial charge is 0.350 e. The Morgan fingerprint density at radius 2 is 1.66 bits per heavy atom. The molecular weight excluding hydrogens is 454 g/mol. The van der Waals surface area contributed by atoms with E-state index in [4.69, 9.17) is 0 Å². The lowest BCUT2D eigenvalue weighted by Gasteiger charge is -2.35. The molecule has 2 amide bonds. The molecule has 0 saturated carbocycles. The first-order valence-electron chi connectivity index (χ1n) is 12.6. The Balaban J connectivity index is 1.16. The van der Waals surface area contributed by atoms with E-state index in [0.29, 0.717) is 19.3 Å². The Labute approximate surface area is 211 Å². The molecule has 2 aliphatic heterocycles. The van der Waals surface area contributed by atoms with Gasteiger partial charge in [-0.1, -0.05) is 60.7 Å². The second-order valence-corrected chi connectivity index (χ2v) is 10.8. The molecule has 2 aromatic carbocycles. The Hall–Kier alpha value is -2.96. The number of carbonyl (C=O) groups is 2. The zero-order valence-electron chi connectivity index (χ0n) is 20.1. The molecule has 3 aromatic rings. The number of piperazine rings is 1. The standard InChI is InChI=1S/C29H33N3O2S/c33-27-12-14-29(30-27,21-23-8-10-25(11-9-23)24-5-2-1-3-6-24)15-13-28(34)32-18-16-31(17-19-32)22-26-7-4-20-35-26/h1-11,20H,12-19,21-22H2,(H,30,33)/t29-/m0/s1. The van der Waals surface area contributed by atoms with Crippen LogP contribution >= 0.6 is 11.3 Å². The molecule has 1 atom stereocenters. The van der Waals surface area contributed by atoms with Crippen LogP contribution in [0.2, 0.25) is 0 Å². The van der Waals surface area contributed by atoms with Crippen LogP contribution in [0.3, 0.4) is 0 Å².